The van der Waals surface area contributed by atoms with E-state index in [1.165, 1.54) is 0 Å². The van der Waals surface area contributed by atoms with Gasteiger partial charge in [-0.1, -0.05) is 11.8 Å². The summed E-state index contributed by atoms with van der Waals surface area (Å²) in [7, 11) is 0. The zero-order valence-corrected chi connectivity index (χ0v) is 14.1. The summed E-state index contributed by atoms with van der Waals surface area (Å²) in [5.74, 6) is 6.14. The van der Waals surface area contributed by atoms with E-state index in [-0.39, 0.29) is 25.1 Å². The van der Waals surface area contributed by atoms with Crippen molar-refractivity contribution >= 4 is 17.6 Å². The van der Waals surface area contributed by atoms with Crippen LogP contribution in [0.1, 0.15) is 5.56 Å². The summed E-state index contributed by atoms with van der Waals surface area (Å²) in [4.78, 5) is 28.9. The lowest BCUT2D eigenvalue weighted by Crippen LogP contribution is -2.29. The first-order valence-electron chi connectivity index (χ1n) is 8.16. The summed E-state index contributed by atoms with van der Waals surface area (Å²) < 4.78 is 5.29. The van der Waals surface area contributed by atoms with Crippen molar-refractivity contribution in [2.24, 2.45) is 0 Å². The molecule has 2 aromatic rings. The van der Waals surface area contributed by atoms with E-state index >= 15 is 0 Å². The highest BCUT2D eigenvalue weighted by Crippen LogP contribution is 2.16. The first kappa shape index (κ1) is 17.3. The molecule has 0 unspecified atom stereocenters. The quantitative estimate of drug-likeness (QED) is 0.793. The SMILES string of the molecule is O=C(COc1cccnc1)NCC#Cc1ccc(N2CCNC2=O)cc1. The fourth-order valence-electron chi connectivity index (χ4n) is 2.36. The molecule has 0 saturated carbocycles. The van der Waals surface area contributed by atoms with Crippen LogP contribution in [0.4, 0.5) is 10.5 Å². The van der Waals surface area contributed by atoms with Gasteiger partial charge in [0.05, 0.1) is 12.7 Å². The van der Waals surface area contributed by atoms with Crippen LogP contribution in [0.25, 0.3) is 0 Å². The molecule has 1 aromatic heterocycles. The maximum atomic E-state index is 11.7. The lowest BCUT2D eigenvalue weighted by atomic mass is 10.2. The van der Waals surface area contributed by atoms with Crippen molar-refractivity contribution in [3.05, 3.63) is 54.4 Å². The Hall–Kier alpha value is -3.53. The number of aromatic nitrogens is 1. The van der Waals surface area contributed by atoms with Gasteiger partial charge in [-0.05, 0) is 36.4 Å². The van der Waals surface area contributed by atoms with Crippen LogP contribution < -0.4 is 20.3 Å². The molecule has 1 aromatic carbocycles. The summed E-state index contributed by atoms with van der Waals surface area (Å²) in [5.41, 5.74) is 1.65. The Morgan fingerprint density at radius 3 is 2.85 bits per heavy atom. The van der Waals surface area contributed by atoms with Crippen LogP contribution >= 0.6 is 0 Å². The van der Waals surface area contributed by atoms with Gasteiger partial charge in [-0.15, -0.1) is 0 Å². The number of hydrogen-bond acceptors (Lipinski definition) is 4. The monoisotopic (exact) mass is 350 g/mol. The van der Waals surface area contributed by atoms with E-state index in [9.17, 15) is 9.59 Å². The highest BCUT2D eigenvalue weighted by molar-refractivity contribution is 5.94. The minimum atomic E-state index is -0.251. The van der Waals surface area contributed by atoms with Gasteiger partial charge in [-0.3, -0.25) is 14.7 Å². The minimum Gasteiger partial charge on any atom is -0.482 e. The number of amides is 3. The van der Waals surface area contributed by atoms with E-state index in [0.717, 1.165) is 11.3 Å². The first-order valence-corrected chi connectivity index (χ1v) is 8.16. The van der Waals surface area contributed by atoms with Gasteiger partial charge in [0.1, 0.15) is 5.75 Å². The fraction of sp³-hybridized carbons (Fsp3) is 0.211. The molecule has 1 aliphatic heterocycles. The number of pyridine rings is 1. The molecule has 3 amide bonds. The second kappa shape index (κ2) is 8.53. The number of hydrogen-bond donors (Lipinski definition) is 2. The molecule has 0 atom stereocenters. The molecule has 0 radical (unpaired) electrons. The Labute approximate surface area is 151 Å². The van der Waals surface area contributed by atoms with Crippen LogP contribution in [0.3, 0.4) is 0 Å². The smallest absolute Gasteiger partial charge is 0.321 e. The lowest BCUT2D eigenvalue weighted by Gasteiger charge is -2.13. The van der Waals surface area contributed by atoms with Crippen LogP contribution in [0.5, 0.6) is 5.75 Å². The lowest BCUT2D eigenvalue weighted by molar-refractivity contribution is -0.122. The van der Waals surface area contributed by atoms with Gasteiger partial charge >= 0.3 is 6.03 Å². The molecule has 26 heavy (non-hydrogen) atoms. The fourth-order valence-corrected chi connectivity index (χ4v) is 2.36. The van der Waals surface area contributed by atoms with Gasteiger partial charge in [0.2, 0.25) is 0 Å². The van der Waals surface area contributed by atoms with Crippen molar-refractivity contribution in [1.29, 1.82) is 0 Å². The topological polar surface area (TPSA) is 83.6 Å². The standard InChI is InChI=1S/C19H18N4O3/c24-18(14-26-17-4-2-9-20-13-17)21-10-1-3-15-5-7-16(8-6-15)23-12-11-22-19(23)25/h2,4-9,13H,10-12,14H2,(H,21,24)(H,22,25). The number of benzene rings is 1. The molecule has 132 valence electrons. The molecule has 1 saturated heterocycles. The predicted molar refractivity (Wildman–Crippen MR) is 96.8 cm³/mol. The van der Waals surface area contributed by atoms with E-state index in [4.69, 9.17) is 4.74 Å². The third kappa shape index (κ3) is 4.74. The molecule has 7 heteroatoms. The van der Waals surface area contributed by atoms with Crippen LogP contribution in [-0.4, -0.2) is 43.2 Å². The summed E-state index contributed by atoms with van der Waals surface area (Å²) in [6.07, 6.45) is 3.18. The van der Waals surface area contributed by atoms with E-state index < -0.39 is 0 Å². The second-order valence-corrected chi connectivity index (χ2v) is 5.49. The van der Waals surface area contributed by atoms with Crippen molar-refractivity contribution in [3.63, 3.8) is 0 Å². The number of carbonyl (C=O) groups excluding carboxylic acids is 2. The third-order valence-electron chi connectivity index (χ3n) is 3.65. The van der Waals surface area contributed by atoms with Gasteiger partial charge in [-0.25, -0.2) is 4.79 Å². The minimum absolute atomic E-state index is 0.0833. The molecule has 0 aliphatic carbocycles. The molecule has 7 nitrogen and oxygen atoms in total. The number of nitrogens with one attached hydrogen (secondary N) is 2. The Kier molecular flexibility index (Phi) is 5.68. The Morgan fingerprint density at radius 2 is 2.15 bits per heavy atom. The van der Waals surface area contributed by atoms with Gasteiger partial charge in [0.25, 0.3) is 5.91 Å². The Morgan fingerprint density at radius 1 is 1.31 bits per heavy atom. The summed E-state index contributed by atoms with van der Waals surface area (Å²) >= 11 is 0. The molecule has 2 heterocycles. The molecule has 1 fully saturated rings. The first-order chi connectivity index (χ1) is 12.7. The summed E-state index contributed by atoms with van der Waals surface area (Å²) in [6.45, 7) is 1.47. The molecule has 1 aliphatic rings. The Balaban J connectivity index is 1.43. The van der Waals surface area contributed by atoms with Gasteiger partial charge < -0.3 is 15.4 Å². The average Bonchev–Trinajstić information content (AvgIpc) is 3.11. The number of ether oxygens (including phenoxy) is 1. The zero-order chi connectivity index (χ0) is 18.2. The van der Waals surface area contributed by atoms with E-state index in [1.54, 1.807) is 29.4 Å². The number of nitrogens with zero attached hydrogens (tertiary/aromatic N) is 2. The maximum absolute atomic E-state index is 11.7. The molecule has 3 rings (SSSR count). The molecule has 2 N–H and O–H groups in total. The number of urea groups is 1. The highest BCUT2D eigenvalue weighted by atomic mass is 16.5. The molecular formula is C19H18N4O3. The largest absolute Gasteiger partial charge is 0.482 e. The van der Waals surface area contributed by atoms with Gasteiger partial charge in [-0.2, -0.15) is 0 Å². The number of rotatable bonds is 5. The van der Waals surface area contributed by atoms with Gasteiger partial charge in [0, 0.05) is 30.5 Å². The molecular weight excluding hydrogens is 332 g/mol. The van der Waals surface area contributed by atoms with Crippen LogP contribution in [0.2, 0.25) is 0 Å². The number of carbonyl (C=O) groups is 2. The number of anilines is 1. The maximum Gasteiger partial charge on any atom is 0.321 e. The van der Waals surface area contributed by atoms with E-state index in [2.05, 4.69) is 27.5 Å². The third-order valence-corrected chi connectivity index (χ3v) is 3.65. The predicted octanol–water partition coefficient (Wildman–Crippen LogP) is 1.16. The zero-order valence-electron chi connectivity index (χ0n) is 14.1. The highest BCUT2D eigenvalue weighted by Gasteiger charge is 2.20. The van der Waals surface area contributed by atoms with Crippen molar-refractivity contribution in [3.8, 4) is 17.6 Å². The molecule has 0 spiro atoms. The van der Waals surface area contributed by atoms with E-state index in [1.807, 2.05) is 24.3 Å². The van der Waals surface area contributed by atoms with Crippen molar-refractivity contribution in [2.75, 3.05) is 31.1 Å². The normalized spacial score (nSPS) is 12.8. The van der Waals surface area contributed by atoms with Crippen molar-refractivity contribution in [2.45, 2.75) is 0 Å². The summed E-state index contributed by atoms with van der Waals surface area (Å²) in [6, 6.07) is 10.8. The van der Waals surface area contributed by atoms with Crippen molar-refractivity contribution in [1.82, 2.24) is 15.6 Å². The van der Waals surface area contributed by atoms with Crippen molar-refractivity contribution < 1.29 is 14.3 Å². The Bertz CT molecular complexity index is 825. The summed E-state index contributed by atoms with van der Waals surface area (Å²) in [5, 5.41) is 5.43. The molecule has 0 bridgehead atoms. The van der Waals surface area contributed by atoms with Crippen LogP contribution in [0.15, 0.2) is 48.8 Å². The van der Waals surface area contributed by atoms with E-state index in [0.29, 0.717) is 18.8 Å². The van der Waals surface area contributed by atoms with Gasteiger partial charge in [0.15, 0.2) is 6.61 Å². The average molecular weight is 350 g/mol. The van der Waals surface area contributed by atoms with Crippen LogP contribution in [0, 0.1) is 11.8 Å². The second-order valence-electron chi connectivity index (χ2n) is 5.49. The van der Waals surface area contributed by atoms with Crippen LogP contribution in [-0.2, 0) is 4.79 Å².